The third-order valence-electron chi connectivity index (χ3n) is 12.1. The molecule has 4 aromatic carbocycles. The average Bonchev–Trinajstić information content (AvgIpc) is 4.15. The number of nitrogens with one attached hydrogen (secondary N) is 3. The molecular weight excluding hydrogens is 1020 g/mol. The second-order valence-corrected chi connectivity index (χ2v) is 18.6. The van der Waals surface area contributed by atoms with Crippen molar-refractivity contribution < 1.29 is 18.8 Å². The molecule has 0 spiro atoms. The van der Waals surface area contributed by atoms with Gasteiger partial charge in [0.2, 0.25) is 16.3 Å². The number of pyridine rings is 1. The molecule has 8 aromatic rings. The van der Waals surface area contributed by atoms with E-state index >= 15 is 0 Å². The predicted octanol–water partition coefficient (Wildman–Crippen LogP) is 7.41. The van der Waals surface area contributed by atoms with E-state index in [1.165, 1.54) is 45.8 Å². The zero-order valence-electron chi connectivity index (χ0n) is 38.7. The van der Waals surface area contributed by atoms with Crippen LogP contribution in [0.15, 0.2) is 148 Å². The smallest absolute Gasteiger partial charge is 0.281 e. The summed E-state index contributed by atoms with van der Waals surface area (Å²) in [5.74, 6) is -2.16. The van der Waals surface area contributed by atoms with E-state index in [0.29, 0.717) is 46.3 Å². The minimum absolute atomic E-state index is 0.0883. The Hall–Kier alpha value is -8.26. The minimum atomic E-state index is -0.806. The highest BCUT2D eigenvalue weighted by Gasteiger charge is 2.43. The molecule has 4 heterocycles. The van der Waals surface area contributed by atoms with Crippen LogP contribution < -0.4 is 32.2 Å². The van der Waals surface area contributed by atoms with E-state index in [1.807, 2.05) is 67.6 Å². The van der Waals surface area contributed by atoms with E-state index in [2.05, 4.69) is 58.8 Å². The standard InChI is InChI=1S/C53H44FIN10O6/c1-29-23-45(67)49(52(70)58-36-19-17-35(55)18-20-36)60-63(29)38-21-15-34(16-22-38)41-28-40(41)32(4)56-51(69)48-44(66)24-30(2)64(61-48)39-11-7-9-33(27-39)26-37-10-8-14-47(57-37)59-53(71)50-46(68)25-31(3)65(62-50)43-13-6-5-12-42(43)54/h5-25,27,32,40-41H,26,28H2,1-4H3,(H,56,69)(H,58,70)(H,57,59,71). The number of hydrogen-bond acceptors (Lipinski definition) is 10. The molecule has 0 bridgehead atoms. The summed E-state index contributed by atoms with van der Waals surface area (Å²) in [7, 11) is 0. The maximum absolute atomic E-state index is 14.6. The minimum Gasteiger partial charge on any atom is -0.348 e. The van der Waals surface area contributed by atoms with E-state index in [1.54, 1.807) is 61.9 Å². The third kappa shape index (κ3) is 10.5. The molecule has 0 aliphatic heterocycles. The quantitative estimate of drug-likeness (QED) is 0.0976. The molecule has 3 atom stereocenters. The molecule has 1 saturated carbocycles. The number of nitrogens with zero attached hydrogens (tertiary/aromatic N) is 7. The van der Waals surface area contributed by atoms with Crippen LogP contribution >= 0.6 is 22.6 Å². The lowest BCUT2D eigenvalue weighted by atomic mass is 10.1. The first-order valence-electron chi connectivity index (χ1n) is 22.5. The number of carbonyl (C=O) groups excluding carboxylic acids is 3. The third-order valence-corrected chi connectivity index (χ3v) is 12.9. The van der Waals surface area contributed by atoms with Crippen molar-refractivity contribution in [2.45, 2.75) is 52.5 Å². The number of anilines is 2. The molecule has 16 nitrogen and oxygen atoms in total. The topological polar surface area (TPSA) is 205 Å². The molecule has 356 valence electrons. The molecular formula is C53H44FIN10O6. The van der Waals surface area contributed by atoms with Gasteiger partial charge in [0.05, 0.1) is 11.4 Å². The van der Waals surface area contributed by atoms with Crippen LogP contribution in [-0.2, 0) is 6.42 Å². The van der Waals surface area contributed by atoms with Crippen LogP contribution in [0, 0.1) is 36.1 Å². The van der Waals surface area contributed by atoms with Crippen LogP contribution in [0.1, 0.15) is 84.6 Å². The van der Waals surface area contributed by atoms with E-state index in [-0.39, 0.29) is 40.8 Å². The highest BCUT2D eigenvalue weighted by Crippen LogP contribution is 2.49. The molecule has 4 aromatic heterocycles. The van der Waals surface area contributed by atoms with Crippen molar-refractivity contribution in [1.29, 1.82) is 0 Å². The van der Waals surface area contributed by atoms with Crippen molar-refractivity contribution in [3.05, 3.63) is 225 Å². The van der Waals surface area contributed by atoms with Gasteiger partial charge < -0.3 is 16.0 Å². The normalized spacial score (nSPS) is 14.3. The maximum atomic E-state index is 14.6. The van der Waals surface area contributed by atoms with Gasteiger partial charge in [0.1, 0.15) is 17.3 Å². The Morgan fingerprint density at radius 1 is 0.648 bits per heavy atom. The molecule has 1 fully saturated rings. The lowest BCUT2D eigenvalue weighted by Crippen LogP contribution is -2.38. The fourth-order valence-electron chi connectivity index (χ4n) is 8.45. The second-order valence-electron chi connectivity index (χ2n) is 17.3. The Kier molecular flexibility index (Phi) is 13.5. The van der Waals surface area contributed by atoms with Gasteiger partial charge in [0.25, 0.3) is 17.7 Å². The molecule has 3 amide bonds. The van der Waals surface area contributed by atoms with Crippen molar-refractivity contribution in [1.82, 2.24) is 39.6 Å². The molecule has 0 saturated heterocycles. The molecule has 71 heavy (non-hydrogen) atoms. The lowest BCUT2D eigenvalue weighted by molar-refractivity contribution is 0.0926. The molecule has 9 rings (SSSR count). The van der Waals surface area contributed by atoms with Crippen molar-refractivity contribution in [2.75, 3.05) is 10.6 Å². The van der Waals surface area contributed by atoms with Gasteiger partial charge in [-0.3, -0.25) is 28.8 Å². The van der Waals surface area contributed by atoms with E-state index in [4.69, 9.17) is 0 Å². The van der Waals surface area contributed by atoms with Gasteiger partial charge in [-0.1, -0.05) is 42.5 Å². The van der Waals surface area contributed by atoms with Crippen molar-refractivity contribution in [3.63, 3.8) is 0 Å². The summed E-state index contributed by atoms with van der Waals surface area (Å²) in [5.41, 5.74) is 3.24. The maximum Gasteiger partial charge on any atom is 0.281 e. The van der Waals surface area contributed by atoms with Crippen LogP contribution in [0.2, 0.25) is 0 Å². The highest BCUT2D eigenvalue weighted by atomic mass is 127. The molecule has 1 aliphatic carbocycles. The van der Waals surface area contributed by atoms with Gasteiger partial charge in [0.15, 0.2) is 17.1 Å². The molecule has 1 aliphatic rings. The first kappa shape index (κ1) is 47.8. The average molecular weight is 1060 g/mol. The predicted molar refractivity (Wildman–Crippen MR) is 274 cm³/mol. The Morgan fingerprint density at radius 3 is 1.89 bits per heavy atom. The first-order valence-corrected chi connectivity index (χ1v) is 23.6. The fraction of sp³-hybridized carbons (Fsp3) is 0.170. The number of aryl methyl sites for hydroxylation is 3. The van der Waals surface area contributed by atoms with Crippen LogP contribution in [0.5, 0.6) is 0 Å². The van der Waals surface area contributed by atoms with Crippen LogP contribution in [0.25, 0.3) is 17.1 Å². The summed E-state index contributed by atoms with van der Waals surface area (Å²) in [6.07, 6.45) is 1.14. The van der Waals surface area contributed by atoms with E-state index in [0.717, 1.165) is 21.1 Å². The summed E-state index contributed by atoms with van der Waals surface area (Å²) in [4.78, 5) is 83.6. The summed E-state index contributed by atoms with van der Waals surface area (Å²) >= 11 is 2.17. The summed E-state index contributed by atoms with van der Waals surface area (Å²) in [6.45, 7) is 6.97. The number of benzene rings is 4. The van der Waals surface area contributed by atoms with Gasteiger partial charge in [-0.2, -0.15) is 15.3 Å². The summed E-state index contributed by atoms with van der Waals surface area (Å²) in [5, 5.41) is 21.5. The number of hydrogen-bond donors (Lipinski definition) is 3. The summed E-state index contributed by atoms with van der Waals surface area (Å²) < 4.78 is 19.9. The summed E-state index contributed by atoms with van der Waals surface area (Å²) in [6, 6.07) is 36.9. The van der Waals surface area contributed by atoms with E-state index in [9.17, 15) is 33.2 Å². The van der Waals surface area contributed by atoms with Gasteiger partial charge in [-0.15, -0.1) is 0 Å². The number of rotatable bonds is 13. The molecule has 3 unspecified atom stereocenters. The number of halogens is 2. The largest absolute Gasteiger partial charge is 0.348 e. The Balaban J connectivity index is 0.843. The Labute approximate surface area is 418 Å². The van der Waals surface area contributed by atoms with Crippen molar-refractivity contribution >= 4 is 51.8 Å². The van der Waals surface area contributed by atoms with Crippen LogP contribution in [-0.4, -0.2) is 58.1 Å². The van der Waals surface area contributed by atoms with Gasteiger partial charge in [-0.25, -0.2) is 23.4 Å². The molecule has 0 radical (unpaired) electrons. The molecule has 3 N–H and O–H groups in total. The van der Waals surface area contributed by atoms with Crippen LogP contribution in [0.4, 0.5) is 15.9 Å². The zero-order valence-corrected chi connectivity index (χ0v) is 40.8. The molecule has 18 heteroatoms. The van der Waals surface area contributed by atoms with Crippen LogP contribution in [0.3, 0.4) is 0 Å². The second kappa shape index (κ2) is 20.0. The Bertz CT molecular complexity index is 3600. The first-order chi connectivity index (χ1) is 34.1. The SMILES string of the molecule is Cc1cc(=O)c(C(=O)Nc2ccc(I)cc2)nn1-c1ccc(C2CC2C(C)NC(=O)c2nn(-c3cccc(Cc4cccc(NC(=O)c5nn(-c6ccccc6F)c(C)cc5=O)n4)c3)c(C)cc2=O)cc1. The number of carbonyl (C=O) groups is 3. The lowest BCUT2D eigenvalue weighted by Gasteiger charge is -2.16. The number of aromatic nitrogens is 7. The van der Waals surface area contributed by atoms with Gasteiger partial charge in [-0.05, 0) is 152 Å². The zero-order chi connectivity index (χ0) is 50.1. The van der Waals surface area contributed by atoms with Gasteiger partial charge in [0, 0.05) is 62.7 Å². The van der Waals surface area contributed by atoms with Crippen molar-refractivity contribution in [2.24, 2.45) is 5.92 Å². The highest BCUT2D eigenvalue weighted by molar-refractivity contribution is 14.1. The van der Waals surface area contributed by atoms with E-state index < -0.39 is 45.5 Å². The number of para-hydroxylation sites is 1. The van der Waals surface area contributed by atoms with Gasteiger partial charge >= 0.3 is 0 Å². The van der Waals surface area contributed by atoms with Crippen molar-refractivity contribution in [3.8, 4) is 17.1 Å². The number of amides is 3. The monoisotopic (exact) mass is 1060 g/mol. The fourth-order valence-corrected chi connectivity index (χ4v) is 8.81. The Morgan fingerprint density at radius 2 is 1.23 bits per heavy atom.